The maximum absolute atomic E-state index is 12.6. The summed E-state index contributed by atoms with van der Waals surface area (Å²) in [6.45, 7) is 2.48. The predicted molar refractivity (Wildman–Crippen MR) is 71.3 cm³/mol. The number of aryl methyl sites for hydroxylation is 1. The van der Waals surface area contributed by atoms with Crippen LogP contribution < -0.4 is 5.73 Å². The number of nitrogens with two attached hydrogens (primary N) is 1. The Morgan fingerprint density at radius 2 is 2.15 bits per heavy atom. The van der Waals surface area contributed by atoms with Crippen molar-refractivity contribution in [2.45, 2.75) is 50.9 Å². The summed E-state index contributed by atoms with van der Waals surface area (Å²) in [6.07, 6.45) is -0.308. The number of halogens is 3. The smallest absolute Gasteiger partial charge is 0.378 e. The fraction of sp³-hybridized carbons (Fsp3) is 0.600. The lowest BCUT2D eigenvalue weighted by Gasteiger charge is -2.18. The summed E-state index contributed by atoms with van der Waals surface area (Å²) >= 11 is 0. The Balaban J connectivity index is 2.00. The van der Waals surface area contributed by atoms with Crippen LogP contribution in [0.4, 0.5) is 13.2 Å². The number of hydrogen-bond acceptors (Lipinski definition) is 2. The van der Waals surface area contributed by atoms with Crippen LogP contribution in [0.15, 0.2) is 18.2 Å². The van der Waals surface area contributed by atoms with Crippen LogP contribution in [-0.2, 0) is 10.9 Å². The van der Waals surface area contributed by atoms with Gasteiger partial charge < -0.3 is 10.5 Å². The van der Waals surface area contributed by atoms with Gasteiger partial charge in [-0.1, -0.05) is 6.07 Å². The third-order valence-corrected chi connectivity index (χ3v) is 3.82. The Bertz CT molecular complexity index is 453. The lowest BCUT2D eigenvalue weighted by atomic mass is 9.95. The minimum Gasteiger partial charge on any atom is -0.378 e. The molecular weight excluding hydrogens is 267 g/mol. The Hall–Kier alpha value is -1.07. The van der Waals surface area contributed by atoms with Crippen molar-refractivity contribution in [1.29, 1.82) is 0 Å². The molecule has 1 aliphatic heterocycles. The molecule has 5 heteroatoms. The molecule has 1 fully saturated rings. The highest BCUT2D eigenvalue weighted by atomic mass is 19.4. The van der Waals surface area contributed by atoms with E-state index in [2.05, 4.69) is 0 Å². The van der Waals surface area contributed by atoms with Crippen LogP contribution in [0.5, 0.6) is 0 Å². The molecule has 1 aromatic carbocycles. The van der Waals surface area contributed by atoms with Gasteiger partial charge in [0.15, 0.2) is 0 Å². The van der Waals surface area contributed by atoms with Crippen molar-refractivity contribution in [2.24, 2.45) is 5.73 Å². The summed E-state index contributed by atoms with van der Waals surface area (Å²) in [4.78, 5) is 0. The minimum absolute atomic E-state index is 0.235. The number of benzene rings is 1. The molecule has 2 unspecified atom stereocenters. The molecule has 2 atom stereocenters. The molecule has 0 aliphatic carbocycles. The molecule has 1 aromatic rings. The topological polar surface area (TPSA) is 35.2 Å². The van der Waals surface area contributed by atoms with Crippen molar-refractivity contribution >= 4 is 0 Å². The molecule has 1 aliphatic rings. The zero-order chi connectivity index (χ0) is 14.8. The fourth-order valence-corrected chi connectivity index (χ4v) is 2.66. The summed E-state index contributed by atoms with van der Waals surface area (Å²) in [6, 6.07) is 3.54. The number of rotatable bonds is 4. The molecule has 112 valence electrons. The Morgan fingerprint density at radius 3 is 2.70 bits per heavy atom. The Labute approximate surface area is 117 Å². The zero-order valence-corrected chi connectivity index (χ0v) is 11.5. The molecule has 0 amide bonds. The third-order valence-electron chi connectivity index (χ3n) is 3.82. The van der Waals surface area contributed by atoms with Gasteiger partial charge in [0.2, 0.25) is 0 Å². The van der Waals surface area contributed by atoms with Crippen LogP contribution in [-0.4, -0.2) is 12.7 Å². The van der Waals surface area contributed by atoms with Gasteiger partial charge in [-0.3, -0.25) is 0 Å². The Morgan fingerprint density at radius 1 is 1.40 bits per heavy atom. The first kappa shape index (κ1) is 15.3. The molecule has 0 bridgehead atoms. The van der Waals surface area contributed by atoms with Gasteiger partial charge in [-0.25, -0.2) is 0 Å². The molecular formula is C15H20F3NO. The van der Waals surface area contributed by atoms with E-state index in [4.69, 9.17) is 10.5 Å². The first-order valence-electron chi connectivity index (χ1n) is 6.93. The number of ether oxygens (including phenoxy) is 1. The third kappa shape index (κ3) is 3.73. The summed E-state index contributed by atoms with van der Waals surface area (Å²) < 4.78 is 43.3. The average molecular weight is 287 g/mol. The van der Waals surface area contributed by atoms with E-state index in [0.717, 1.165) is 43.9 Å². The number of alkyl halides is 3. The van der Waals surface area contributed by atoms with Gasteiger partial charge in [-0.2, -0.15) is 13.2 Å². The molecule has 1 saturated heterocycles. The van der Waals surface area contributed by atoms with Crippen LogP contribution in [0, 0.1) is 6.92 Å². The van der Waals surface area contributed by atoms with Gasteiger partial charge in [0, 0.05) is 12.6 Å². The lowest BCUT2D eigenvalue weighted by molar-refractivity contribution is -0.137. The summed E-state index contributed by atoms with van der Waals surface area (Å²) in [5.41, 5.74) is 6.86. The van der Waals surface area contributed by atoms with Crippen LogP contribution in [0.1, 0.15) is 48.4 Å². The minimum atomic E-state index is -4.30. The zero-order valence-electron chi connectivity index (χ0n) is 11.5. The molecule has 20 heavy (non-hydrogen) atoms. The van der Waals surface area contributed by atoms with E-state index >= 15 is 0 Å². The van der Waals surface area contributed by atoms with Crippen molar-refractivity contribution in [3.63, 3.8) is 0 Å². The first-order valence-corrected chi connectivity index (χ1v) is 6.93. The molecule has 0 radical (unpaired) electrons. The van der Waals surface area contributed by atoms with Crippen molar-refractivity contribution < 1.29 is 17.9 Å². The lowest BCUT2D eigenvalue weighted by Crippen LogP contribution is -2.16. The standard InChI is InChI=1S/C15H20F3NO/c1-10-9-11(15(16,17)18)4-6-13(10)14(19)7-5-12-3-2-8-20-12/h4,6,9,12,14H,2-3,5,7-8,19H2,1H3. The second kappa shape index (κ2) is 6.14. The van der Waals surface area contributed by atoms with Gasteiger partial charge in [-0.05, 0) is 55.9 Å². The molecule has 2 rings (SSSR count). The monoisotopic (exact) mass is 287 g/mol. The van der Waals surface area contributed by atoms with E-state index in [1.54, 1.807) is 6.92 Å². The second-order valence-electron chi connectivity index (χ2n) is 5.39. The summed E-state index contributed by atoms with van der Waals surface area (Å²) in [5.74, 6) is 0. The molecule has 2 nitrogen and oxygen atoms in total. The van der Waals surface area contributed by atoms with Crippen LogP contribution in [0.3, 0.4) is 0 Å². The fourth-order valence-electron chi connectivity index (χ4n) is 2.66. The SMILES string of the molecule is Cc1cc(C(F)(F)F)ccc1C(N)CCC1CCCO1. The van der Waals surface area contributed by atoms with Crippen molar-refractivity contribution in [3.05, 3.63) is 34.9 Å². The van der Waals surface area contributed by atoms with Crippen molar-refractivity contribution in [3.8, 4) is 0 Å². The van der Waals surface area contributed by atoms with Gasteiger partial charge in [0.05, 0.1) is 11.7 Å². The van der Waals surface area contributed by atoms with Crippen LogP contribution in [0.25, 0.3) is 0 Å². The second-order valence-corrected chi connectivity index (χ2v) is 5.39. The number of hydrogen-bond donors (Lipinski definition) is 1. The van der Waals surface area contributed by atoms with Crippen LogP contribution >= 0.6 is 0 Å². The van der Waals surface area contributed by atoms with Crippen molar-refractivity contribution in [2.75, 3.05) is 6.61 Å². The van der Waals surface area contributed by atoms with Gasteiger partial charge in [-0.15, -0.1) is 0 Å². The van der Waals surface area contributed by atoms with E-state index < -0.39 is 11.7 Å². The quantitative estimate of drug-likeness (QED) is 0.909. The highest BCUT2D eigenvalue weighted by Gasteiger charge is 2.31. The van der Waals surface area contributed by atoms with Gasteiger partial charge in [0.1, 0.15) is 0 Å². The largest absolute Gasteiger partial charge is 0.416 e. The first-order chi connectivity index (χ1) is 9.38. The predicted octanol–water partition coefficient (Wildman–Crippen LogP) is 3.97. The maximum Gasteiger partial charge on any atom is 0.416 e. The highest BCUT2D eigenvalue weighted by molar-refractivity contribution is 5.34. The van der Waals surface area contributed by atoms with Crippen molar-refractivity contribution in [1.82, 2.24) is 0 Å². The molecule has 0 spiro atoms. The average Bonchev–Trinajstić information content (AvgIpc) is 2.87. The highest BCUT2D eigenvalue weighted by Crippen LogP contribution is 2.32. The van der Waals surface area contributed by atoms with E-state index in [1.165, 1.54) is 12.1 Å². The van der Waals surface area contributed by atoms with E-state index in [0.29, 0.717) is 5.56 Å². The van der Waals surface area contributed by atoms with E-state index in [9.17, 15) is 13.2 Å². The summed E-state index contributed by atoms with van der Waals surface area (Å²) in [5, 5.41) is 0. The molecule has 0 aromatic heterocycles. The van der Waals surface area contributed by atoms with Crippen LogP contribution in [0.2, 0.25) is 0 Å². The maximum atomic E-state index is 12.6. The van der Waals surface area contributed by atoms with Gasteiger partial charge >= 0.3 is 6.18 Å². The van der Waals surface area contributed by atoms with Gasteiger partial charge in [0.25, 0.3) is 0 Å². The molecule has 2 N–H and O–H groups in total. The van der Waals surface area contributed by atoms with E-state index in [1.807, 2.05) is 0 Å². The molecule has 1 heterocycles. The summed E-state index contributed by atoms with van der Waals surface area (Å²) in [7, 11) is 0. The van der Waals surface area contributed by atoms with E-state index in [-0.39, 0.29) is 12.1 Å². The molecule has 0 saturated carbocycles. The normalized spacial score (nSPS) is 21.1. The Kier molecular flexibility index (Phi) is 4.70.